The van der Waals surface area contributed by atoms with Crippen molar-refractivity contribution < 1.29 is 9.47 Å². The van der Waals surface area contributed by atoms with Gasteiger partial charge in [0, 0.05) is 37.6 Å². The molecule has 3 heterocycles. The first-order valence-corrected chi connectivity index (χ1v) is 15.6. The van der Waals surface area contributed by atoms with Crippen molar-refractivity contribution in [1.29, 1.82) is 0 Å². The molecule has 0 atom stereocenters. The Kier molecular flexibility index (Phi) is 7.97. The molecule has 46 heavy (non-hydrogen) atoms. The number of hydrogen-bond acceptors (Lipinski definition) is 7. The standard InChI is InChI=1S/C37H35N5O4/c1-25-13-14-32-30(19-25)36(43)42(37(44)40(32)2)28-15-17-41(18-16-28)35-29-20-33(45-22-26-9-5-3-6-10-26)34(21-31(29)38-24-39-35)46-23-27-11-7-4-8-12-27/h3-14,19-21,24,28H,15-18,22-23H2,1-2H3. The lowest BCUT2D eigenvalue weighted by molar-refractivity contribution is 0.256. The van der Waals surface area contributed by atoms with Gasteiger partial charge in [0.15, 0.2) is 11.5 Å². The van der Waals surface area contributed by atoms with Crippen LogP contribution in [0.3, 0.4) is 0 Å². The molecule has 4 aromatic carbocycles. The molecular weight excluding hydrogens is 578 g/mol. The van der Waals surface area contributed by atoms with Crippen LogP contribution in [0.5, 0.6) is 11.5 Å². The maximum atomic E-state index is 13.5. The van der Waals surface area contributed by atoms with Crippen LogP contribution in [-0.4, -0.2) is 32.2 Å². The largest absolute Gasteiger partial charge is 0.485 e. The van der Waals surface area contributed by atoms with Gasteiger partial charge in [0.2, 0.25) is 0 Å². The van der Waals surface area contributed by atoms with Gasteiger partial charge in [-0.25, -0.2) is 14.8 Å². The quantitative estimate of drug-likeness (QED) is 0.210. The van der Waals surface area contributed by atoms with Gasteiger partial charge < -0.3 is 14.4 Å². The number of benzene rings is 4. The summed E-state index contributed by atoms with van der Waals surface area (Å²) in [6, 6.07) is 29.3. The van der Waals surface area contributed by atoms with Gasteiger partial charge in [-0.3, -0.25) is 13.9 Å². The number of hydrogen-bond donors (Lipinski definition) is 0. The van der Waals surface area contributed by atoms with Gasteiger partial charge in [-0.05, 0) is 49.1 Å². The molecule has 1 aliphatic heterocycles. The first kappa shape index (κ1) is 29.3. The molecule has 6 aromatic rings. The van der Waals surface area contributed by atoms with E-state index in [1.807, 2.05) is 97.9 Å². The molecule has 0 N–H and O–H groups in total. The Morgan fingerprint density at radius 3 is 2.04 bits per heavy atom. The zero-order valence-corrected chi connectivity index (χ0v) is 25.9. The Labute approximate surface area is 266 Å². The molecule has 9 nitrogen and oxygen atoms in total. The Morgan fingerprint density at radius 1 is 0.761 bits per heavy atom. The van der Waals surface area contributed by atoms with Crippen molar-refractivity contribution in [3.05, 3.63) is 135 Å². The molecule has 0 radical (unpaired) electrons. The SMILES string of the molecule is Cc1ccc2c(c1)c(=O)n(C1CCN(c3ncnc4cc(OCc5ccccc5)c(OCc5ccccc5)cc34)CC1)c(=O)n2C. The highest BCUT2D eigenvalue weighted by atomic mass is 16.5. The highest BCUT2D eigenvalue weighted by Gasteiger charge is 2.27. The van der Waals surface area contributed by atoms with Gasteiger partial charge in [-0.15, -0.1) is 0 Å². The summed E-state index contributed by atoms with van der Waals surface area (Å²) in [5, 5.41) is 1.42. The number of aromatic nitrogens is 4. The van der Waals surface area contributed by atoms with Crippen LogP contribution < -0.4 is 25.6 Å². The van der Waals surface area contributed by atoms with Gasteiger partial charge in [-0.2, -0.15) is 0 Å². The van der Waals surface area contributed by atoms with Crippen LogP contribution in [0.2, 0.25) is 0 Å². The third-order valence-electron chi connectivity index (χ3n) is 8.74. The van der Waals surface area contributed by atoms with Crippen LogP contribution >= 0.6 is 0 Å². The van der Waals surface area contributed by atoms with Crippen LogP contribution in [0, 0.1) is 6.92 Å². The monoisotopic (exact) mass is 613 g/mol. The maximum Gasteiger partial charge on any atom is 0.331 e. The topological polar surface area (TPSA) is 91.5 Å². The summed E-state index contributed by atoms with van der Waals surface area (Å²) >= 11 is 0. The normalized spacial score (nSPS) is 13.7. The number of anilines is 1. The van der Waals surface area contributed by atoms with E-state index < -0.39 is 0 Å². The van der Waals surface area contributed by atoms with E-state index in [9.17, 15) is 9.59 Å². The van der Waals surface area contributed by atoms with Crippen molar-refractivity contribution in [2.75, 3.05) is 18.0 Å². The average molecular weight is 614 g/mol. The average Bonchev–Trinajstić information content (AvgIpc) is 3.09. The predicted octanol–water partition coefficient (Wildman–Crippen LogP) is 5.95. The molecule has 232 valence electrons. The van der Waals surface area contributed by atoms with Gasteiger partial charge in [0.05, 0.1) is 16.4 Å². The van der Waals surface area contributed by atoms with E-state index in [0.717, 1.165) is 33.4 Å². The smallest absolute Gasteiger partial charge is 0.331 e. The van der Waals surface area contributed by atoms with Gasteiger partial charge in [-0.1, -0.05) is 72.3 Å². The van der Waals surface area contributed by atoms with Gasteiger partial charge >= 0.3 is 5.69 Å². The second-order valence-electron chi connectivity index (χ2n) is 11.8. The fourth-order valence-electron chi connectivity index (χ4n) is 6.25. The molecule has 0 spiro atoms. The maximum absolute atomic E-state index is 13.5. The molecular formula is C37H35N5O4. The molecule has 1 aliphatic rings. The van der Waals surface area contributed by atoms with Gasteiger partial charge in [0.1, 0.15) is 25.4 Å². The summed E-state index contributed by atoms with van der Waals surface area (Å²) in [6.45, 7) is 3.99. The van der Waals surface area contributed by atoms with E-state index in [1.54, 1.807) is 17.9 Å². The predicted molar refractivity (Wildman–Crippen MR) is 180 cm³/mol. The van der Waals surface area contributed by atoms with Crippen molar-refractivity contribution in [1.82, 2.24) is 19.1 Å². The van der Waals surface area contributed by atoms with Crippen molar-refractivity contribution in [2.24, 2.45) is 7.05 Å². The minimum atomic E-state index is -0.282. The molecule has 1 fully saturated rings. The number of ether oxygens (including phenoxy) is 2. The lowest BCUT2D eigenvalue weighted by Crippen LogP contribution is -2.45. The zero-order valence-electron chi connectivity index (χ0n) is 25.9. The summed E-state index contributed by atoms with van der Waals surface area (Å²) in [6.07, 6.45) is 2.84. The first-order chi connectivity index (χ1) is 22.5. The number of aryl methyl sites for hydroxylation is 2. The number of piperidine rings is 1. The molecule has 0 bridgehead atoms. The second kappa shape index (κ2) is 12.5. The van der Waals surface area contributed by atoms with Crippen LogP contribution in [0.1, 0.15) is 35.6 Å². The first-order valence-electron chi connectivity index (χ1n) is 15.6. The van der Waals surface area contributed by atoms with Crippen LogP contribution in [0.4, 0.5) is 5.82 Å². The van der Waals surface area contributed by atoms with Crippen LogP contribution in [0.25, 0.3) is 21.8 Å². The highest BCUT2D eigenvalue weighted by molar-refractivity contribution is 5.92. The second-order valence-corrected chi connectivity index (χ2v) is 11.8. The molecule has 9 heteroatoms. The molecule has 0 unspecified atom stereocenters. The Bertz CT molecular complexity index is 2140. The minimum Gasteiger partial charge on any atom is -0.485 e. The molecule has 1 saturated heterocycles. The fraction of sp³-hybridized carbons (Fsp3) is 0.243. The fourth-order valence-corrected chi connectivity index (χ4v) is 6.25. The van der Waals surface area contributed by atoms with Crippen molar-refractivity contribution >= 4 is 27.6 Å². The Balaban J connectivity index is 1.18. The Hall–Kier alpha value is -5.44. The summed E-state index contributed by atoms with van der Waals surface area (Å²) < 4.78 is 15.6. The minimum absolute atomic E-state index is 0.205. The van der Waals surface area contributed by atoms with Crippen molar-refractivity contribution in [2.45, 2.75) is 39.0 Å². The van der Waals surface area contributed by atoms with E-state index in [1.165, 1.54) is 4.57 Å². The van der Waals surface area contributed by atoms with E-state index in [-0.39, 0.29) is 17.3 Å². The molecule has 0 aliphatic carbocycles. The molecule has 0 saturated carbocycles. The lowest BCUT2D eigenvalue weighted by Gasteiger charge is -2.34. The highest BCUT2D eigenvalue weighted by Crippen LogP contribution is 2.37. The number of nitrogens with zero attached hydrogens (tertiary/aromatic N) is 5. The molecule has 0 amide bonds. The van der Waals surface area contributed by atoms with Crippen molar-refractivity contribution in [3.8, 4) is 11.5 Å². The third-order valence-corrected chi connectivity index (χ3v) is 8.74. The lowest BCUT2D eigenvalue weighted by atomic mass is 10.0. The van der Waals surface area contributed by atoms with E-state index >= 15 is 0 Å². The zero-order chi connectivity index (χ0) is 31.6. The number of rotatable bonds is 8. The van der Waals surface area contributed by atoms with E-state index in [4.69, 9.17) is 14.5 Å². The van der Waals surface area contributed by atoms with Crippen molar-refractivity contribution in [3.63, 3.8) is 0 Å². The Morgan fingerprint density at radius 2 is 1.39 bits per heavy atom. The molecule has 7 rings (SSSR count). The molecule has 2 aromatic heterocycles. The summed E-state index contributed by atoms with van der Waals surface area (Å²) in [7, 11) is 1.73. The van der Waals surface area contributed by atoms with Crippen LogP contribution in [0.15, 0.2) is 107 Å². The van der Waals surface area contributed by atoms with E-state index in [2.05, 4.69) is 9.88 Å². The third kappa shape index (κ3) is 5.72. The number of fused-ring (bicyclic) bond motifs is 2. The van der Waals surface area contributed by atoms with Crippen LogP contribution in [-0.2, 0) is 20.3 Å². The van der Waals surface area contributed by atoms with E-state index in [0.29, 0.717) is 61.5 Å². The summed E-state index contributed by atoms with van der Waals surface area (Å²) in [5.41, 5.74) is 3.98. The summed E-state index contributed by atoms with van der Waals surface area (Å²) in [5.74, 6) is 2.01. The van der Waals surface area contributed by atoms with Gasteiger partial charge in [0.25, 0.3) is 5.56 Å². The summed E-state index contributed by atoms with van der Waals surface area (Å²) in [4.78, 5) is 38.4.